The van der Waals surface area contributed by atoms with Crippen LogP contribution in [0.2, 0.25) is 0 Å². The highest BCUT2D eigenvalue weighted by Crippen LogP contribution is 2.15. The van der Waals surface area contributed by atoms with Gasteiger partial charge in [-0.15, -0.1) is 0 Å². The van der Waals surface area contributed by atoms with E-state index in [1.54, 1.807) is 19.3 Å². The van der Waals surface area contributed by atoms with Gasteiger partial charge in [0, 0.05) is 18.0 Å². The molecule has 0 aliphatic rings. The van der Waals surface area contributed by atoms with Crippen molar-refractivity contribution in [2.24, 2.45) is 5.16 Å². The molecule has 2 aromatic rings. The van der Waals surface area contributed by atoms with Crippen molar-refractivity contribution in [3.8, 4) is 5.75 Å². The Hall–Kier alpha value is -2.36. The molecule has 4 heteroatoms. The van der Waals surface area contributed by atoms with Gasteiger partial charge in [-0.1, -0.05) is 17.3 Å². The smallest absolute Gasteiger partial charge is 0.120 e. The molecule has 18 heavy (non-hydrogen) atoms. The van der Waals surface area contributed by atoms with Crippen molar-refractivity contribution >= 4 is 5.71 Å². The van der Waals surface area contributed by atoms with Crippen molar-refractivity contribution in [2.45, 2.75) is 13.5 Å². The van der Waals surface area contributed by atoms with Crippen LogP contribution in [0.25, 0.3) is 0 Å². The Bertz CT molecular complexity index is 539. The molecule has 1 aromatic heterocycles. The summed E-state index contributed by atoms with van der Waals surface area (Å²) in [7, 11) is 0. The second kappa shape index (κ2) is 5.82. The van der Waals surface area contributed by atoms with E-state index in [1.807, 2.05) is 36.4 Å². The molecule has 1 aromatic carbocycles. The SMILES string of the molecule is C/C(=N\O)c1cccc(OCc2ccncc2)c1. The minimum absolute atomic E-state index is 0.487. The van der Waals surface area contributed by atoms with Gasteiger partial charge < -0.3 is 9.94 Å². The van der Waals surface area contributed by atoms with Gasteiger partial charge in [-0.3, -0.25) is 4.98 Å². The molecule has 0 aliphatic carbocycles. The molecule has 0 bridgehead atoms. The van der Waals surface area contributed by atoms with Gasteiger partial charge >= 0.3 is 0 Å². The molecular weight excluding hydrogens is 228 g/mol. The average molecular weight is 242 g/mol. The van der Waals surface area contributed by atoms with Crippen LogP contribution >= 0.6 is 0 Å². The summed E-state index contributed by atoms with van der Waals surface area (Å²) in [5.74, 6) is 0.743. The summed E-state index contributed by atoms with van der Waals surface area (Å²) in [4.78, 5) is 3.95. The average Bonchev–Trinajstić information content (AvgIpc) is 2.45. The van der Waals surface area contributed by atoms with Crippen molar-refractivity contribution in [3.63, 3.8) is 0 Å². The number of benzene rings is 1. The third-order valence-corrected chi connectivity index (χ3v) is 2.56. The molecule has 0 aliphatic heterocycles. The Kier molecular flexibility index (Phi) is 3.91. The van der Waals surface area contributed by atoms with E-state index in [4.69, 9.17) is 9.94 Å². The maximum atomic E-state index is 8.73. The van der Waals surface area contributed by atoms with E-state index < -0.39 is 0 Å². The van der Waals surface area contributed by atoms with Crippen molar-refractivity contribution < 1.29 is 9.94 Å². The number of nitrogens with zero attached hydrogens (tertiary/aromatic N) is 2. The Morgan fingerprint density at radius 1 is 1.28 bits per heavy atom. The quantitative estimate of drug-likeness (QED) is 0.509. The lowest BCUT2D eigenvalue weighted by molar-refractivity contribution is 0.306. The summed E-state index contributed by atoms with van der Waals surface area (Å²) in [6.45, 7) is 2.23. The van der Waals surface area contributed by atoms with E-state index in [0.29, 0.717) is 12.3 Å². The highest BCUT2D eigenvalue weighted by molar-refractivity contribution is 5.98. The fourth-order valence-electron chi connectivity index (χ4n) is 1.51. The molecule has 0 saturated carbocycles. The van der Waals surface area contributed by atoms with Gasteiger partial charge in [0.15, 0.2) is 0 Å². The molecule has 0 radical (unpaired) electrons. The lowest BCUT2D eigenvalue weighted by Crippen LogP contribution is -1.98. The van der Waals surface area contributed by atoms with E-state index in [9.17, 15) is 0 Å². The molecule has 0 amide bonds. The van der Waals surface area contributed by atoms with Gasteiger partial charge in [-0.2, -0.15) is 0 Å². The van der Waals surface area contributed by atoms with Gasteiger partial charge in [0.25, 0.3) is 0 Å². The molecule has 92 valence electrons. The van der Waals surface area contributed by atoms with Gasteiger partial charge in [-0.25, -0.2) is 0 Å². The third-order valence-electron chi connectivity index (χ3n) is 2.56. The minimum Gasteiger partial charge on any atom is -0.489 e. The Morgan fingerprint density at radius 2 is 2.06 bits per heavy atom. The summed E-state index contributed by atoms with van der Waals surface area (Å²) >= 11 is 0. The van der Waals surface area contributed by atoms with Gasteiger partial charge in [0.05, 0.1) is 5.71 Å². The molecule has 0 unspecified atom stereocenters. The number of aromatic nitrogens is 1. The van der Waals surface area contributed by atoms with E-state index in [-0.39, 0.29) is 0 Å². The molecule has 0 saturated heterocycles. The minimum atomic E-state index is 0.487. The standard InChI is InChI=1S/C14H14N2O2/c1-11(16-17)13-3-2-4-14(9-13)18-10-12-5-7-15-8-6-12/h2-9,17H,10H2,1H3/b16-11+. The largest absolute Gasteiger partial charge is 0.489 e. The van der Waals surface area contributed by atoms with Crippen molar-refractivity contribution in [2.75, 3.05) is 0 Å². The Morgan fingerprint density at radius 3 is 2.78 bits per heavy atom. The van der Waals surface area contributed by atoms with E-state index in [1.165, 1.54) is 0 Å². The molecule has 0 atom stereocenters. The van der Waals surface area contributed by atoms with Crippen LogP contribution in [0.5, 0.6) is 5.75 Å². The maximum Gasteiger partial charge on any atom is 0.120 e. The van der Waals surface area contributed by atoms with Crippen molar-refractivity contribution in [3.05, 3.63) is 59.9 Å². The van der Waals surface area contributed by atoms with Crippen LogP contribution in [0.4, 0.5) is 0 Å². The molecule has 2 rings (SSSR count). The fourth-order valence-corrected chi connectivity index (χ4v) is 1.51. The first kappa shape index (κ1) is 12.1. The highest BCUT2D eigenvalue weighted by Gasteiger charge is 2.01. The predicted octanol–water partition coefficient (Wildman–Crippen LogP) is 2.86. The lowest BCUT2D eigenvalue weighted by Gasteiger charge is -2.07. The molecule has 0 fully saturated rings. The number of pyridine rings is 1. The first-order valence-electron chi connectivity index (χ1n) is 5.60. The lowest BCUT2D eigenvalue weighted by atomic mass is 10.1. The van der Waals surface area contributed by atoms with E-state index in [0.717, 1.165) is 16.9 Å². The maximum absolute atomic E-state index is 8.73. The molecule has 1 N–H and O–H groups in total. The highest BCUT2D eigenvalue weighted by atomic mass is 16.5. The van der Waals surface area contributed by atoms with Crippen LogP contribution in [0.1, 0.15) is 18.1 Å². The second-order valence-electron chi connectivity index (χ2n) is 3.86. The number of hydrogen-bond acceptors (Lipinski definition) is 4. The Labute approximate surface area is 106 Å². The number of ether oxygens (including phenoxy) is 1. The second-order valence-corrected chi connectivity index (χ2v) is 3.86. The topological polar surface area (TPSA) is 54.7 Å². The van der Waals surface area contributed by atoms with Crippen LogP contribution in [0, 0.1) is 0 Å². The molecular formula is C14H14N2O2. The summed E-state index contributed by atoms with van der Waals surface area (Å²) < 4.78 is 5.66. The summed E-state index contributed by atoms with van der Waals surface area (Å²) in [6, 6.07) is 11.3. The van der Waals surface area contributed by atoms with Crippen LogP contribution in [0.15, 0.2) is 53.9 Å². The zero-order valence-corrected chi connectivity index (χ0v) is 10.1. The molecule has 4 nitrogen and oxygen atoms in total. The number of oxime groups is 1. The van der Waals surface area contributed by atoms with E-state index >= 15 is 0 Å². The van der Waals surface area contributed by atoms with Gasteiger partial charge in [-0.05, 0) is 36.8 Å². The van der Waals surface area contributed by atoms with Crippen molar-refractivity contribution in [1.82, 2.24) is 4.98 Å². The zero-order valence-electron chi connectivity index (χ0n) is 10.1. The number of rotatable bonds is 4. The molecule has 0 spiro atoms. The predicted molar refractivity (Wildman–Crippen MR) is 69.0 cm³/mol. The van der Waals surface area contributed by atoms with Gasteiger partial charge in [0.2, 0.25) is 0 Å². The molecule has 1 heterocycles. The number of hydrogen-bond donors (Lipinski definition) is 1. The van der Waals surface area contributed by atoms with Crippen LogP contribution < -0.4 is 4.74 Å². The summed E-state index contributed by atoms with van der Waals surface area (Å²) in [5, 5.41) is 11.9. The zero-order chi connectivity index (χ0) is 12.8. The first-order chi connectivity index (χ1) is 8.79. The summed E-state index contributed by atoms with van der Waals surface area (Å²) in [6.07, 6.45) is 3.47. The Balaban J connectivity index is 2.06. The van der Waals surface area contributed by atoms with Crippen molar-refractivity contribution in [1.29, 1.82) is 0 Å². The summed E-state index contributed by atoms with van der Waals surface area (Å²) in [5.41, 5.74) is 2.46. The van der Waals surface area contributed by atoms with Crippen LogP contribution in [-0.2, 0) is 6.61 Å². The van der Waals surface area contributed by atoms with Crippen LogP contribution in [-0.4, -0.2) is 15.9 Å². The monoisotopic (exact) mass is 242 g/mol. The normalized spacial score (nSPS) is 11.3. The first-order valence-corrected chi connectivity index (χ1v) is 5.60. The van der Waals surface area contributed by atoms with Crippen LogP contribution in [0.3, 0.4) is 0 Å². The third kappa shape index (κ3) is 3.07. The van der Waals surface area contributed by atoms with Gasteiger partial charge in [0.1, 0.15) is 12.4 Å². The fraction of sp³-hybridized carbons (Fsp3) is 0.143. The van der Waals surface area contributed by atoms with E-state index in [2.05, 4.69) is 10.1 Å².